The van der Waals surface area contributed by atoms with Gasteiger partial charge in [0.05, 0.1) is 18.9 Å². The number of aromatic nitrogens is 2. The van der Waals surface area contributed by atoms with Crippen LogP contribution in [-0.2, 0) is 6.54 Å². The van der Waals surface area contributed by atoms with E-state index in [9.17, 15) is 0 Å². The lowest BCUT2D eigenvalue weighted by Gasteiger charge is -2.19. The Morgan fingerprint density at radius 2 is 2.11 bits per heavy atom. The molecule has 0 saturated carbocycles. The Kier molecular flexibility index (Phi) is 3.94. The molecule has 19 heavy (non-hydrogen) atoms. The molecular weight excluding hydrogens is 240 g/mol. The van der Waals surface area contributed by atoms with E-state index in [4.69, 9.17) is 10.00 Å². The van der Waals surface area contributed by atoms with E-state index >= 15 is 0 Å². The standard InChI is InChI=1S/C14H14N4O/c1-18(14-11(9-15)7-8-16-17-14)10-12-5-3-4-6-13(12)19-2/h3-8H,10H2,1-2H3. The van der Waals surface area contributed by atoms with Crippen LogP contribution in [0.5, 0.6) is 5.75 Å². The molecule has 0 unspecified atom stereocenters. The highest BCUT2D eigenvalue weighted by molar-refractivity contribution is 5.52. The van der Waals surface area contributed by atoms with Crippen molar-refractivity contribution in [3.63, 3.8) is 0 Å². The first-order chi connectivity index (χ1) is 9.26. The van der Waals surface area contributed by atoms with E-state index in [1.165, 1.54) is 6.20 Å². The van der Waals surface area contributed by atoms with Gasteiger partial charge in [0.25, 0.3) is 0 Å². The van der Waals surface area contributed by atoms with Crippen molar-refractivity contribution in [3.8, 4) is 11.8 Å². The lowest BCUT2D eigenvalue weighted by Crippen LogP contribution is -2.19. The van der Waals surface area contributed by atoms with E-state index in [1.54, 1.807) is 13.2 Å². The number of benzene rings is 1. The van der Waals surface area contributed by atoms with Crippen LogP contribution >= 0.6 is 0 Å². The summed E-state index contributed by atoms with van der Waals surface area (Å²) < 4.78 is 5.31. The van der Waals surface area contributed by atoms with Crippen molar-refractivity contribution in [1.82, 2.24) is 10.2 Å². The maximum atomic E-state index is 9.07. The molecular formula is C14H14N4O. The van der Waals surface area contributed by atoms with Crippen molar-refractivity contribution in [3.05, 3.63) is 47.7 Å². The highest BCUT2D eigenvalue weighted by atomic mass is 16.5. The fraction of sp³-hybridized carbons (Fsp3) is 0.214. The molecule has 0 spiro atoms. The SMILES string of the molecule is COc1ccccc1CN(C)c1nnccc1C#N. The number of hydrogen-bond acceptors (Lipinski definition) is 5. The molecule has 0 N–H and O–H groups in total. The molecule has 0 radical (unpaired) electrons. The first kappa shape index (κ1) is 12.8. The van der Waals surface area contributed by atoms with Crippen molar-refractivity contribution < 1.29 is 4.74 Å². The van der Waals surface area contributed by atoms with Gasteiger partial charge in [-0.15, -0.1) is 5.10 Å². The van der Waals surface area contributed by atoms with Gasteiger partial charge in [0.15, 0.2) is 5.82 Å². The summed E-state index contributed by atoms with van der Waals surface area (Å²) in [6.07, 6.45) is 1.51. The molecule has 0 fully saturated rings. The number of ether oxygens (including phenoxy) is 1. The maximum Gasteiger partial charge on any atom is 0.169 e. The molecule has 1 aromatic heterocycles. The Morgan fingerprint density at radius 1 is 1.32 bits per heavy atom. The van der Waals surface area contributed by atoms with Gasteiger partial charge in [-0.2, -0.15) is 10.4 Å². The summed E-state index contributed by atoms with van der Waals surface area (Å²) in [6.45, 7) is 0.595. The molecule has 0 saturated heterocycles. The number of nitrogens with zero attached hydrogens (tertiary/aromatic N) is 4. The summed E-state index contributed by atoms with van der Waals surface area (Å²) in [5.41, 5.74) is 1.54. The van der Waals surface area contributed by atoms with Crippen LogP contribution in [0, 0.1) is 11.3 Å². The van der Waals surface area contributed by atoms with Crippen LogP contribution < -0.4 is 9.64 Å². The Balaban J connectivity index is 2.26. The Labute approximate surface area is 112 Å². The second-order valence-corrected chi connectivity index (χ2v) is 4.05. The quantitative estimate of drug-likeness (QED) is 0.835. The zero-order chi connectivity index (χ0) is 13.7. The summed E-state index contributed by atoms with van der Waals surface area (Å²) in [7, 11) is 3.51. The van der Waals surface area contributed by atoms with Crippen LogP contribution in [0.4, 0.5) is 5.82 Å². The molecule has 5 heteroatoms. The first-order valence-corrected chi connectivity index (χ1v) is 5.81. The lowest BCUT2D eigenvalue weighted by atomic mass is 10.2. The Morgan fingerprint density at radius 3 is 2.84 bits per heavy atom. The number of para-hydroxylation sites is 1. The molecule has 0 aliphatic carbocycles. The third kappa shape index (κ3) is 2.80. The van der Waals surface area contributed by atoms with Crippen LogP contribution in [0.2, 0.25) is 0 Å². The monoisotopic (exact) mass is 254 g/mol. The predicted molar refractivity (Wildman–Crippen MR) is 71.8 cm³/mol. The maximum absolute atomic E-state index is 9.07. The van der Waals surface area contributed by atoms with Gasteiger partial charge in [0.1, 0.15) is 11.8 Å². The van der Waals surface area contributed by atoms with E-state index in [2.05, 4.69) is 16.3 Å². The highest BCUT2D eigenvalue weighted by Gasteiger charge is 2.11. The fourth-order valence-electron chi connectivity index (χ4n) is 1.86. The second-order valence-electron chi connectivity index (χ2n) is 4.05. The summed E-state index contributed by atoms with van der Waals surface area (Å²) in [5, 5.41) is 16.9. The van der Waals surface area contributed by atoms with E-state index in [0.717, 1.165) is 11.3 Å². The van der Waals surface area contributed by atoms with Crippen LogP contribution in [0.25, 0.3) is 0 Å². The van der Waals surface area contributed by atoms with Crippen molar-refractivity contribution in [2.75, 3.05) is 19.1 Å². The number of nitriles is 1. The van der Waals surface area contributed by atoms with E-state index in [1.807, 2.05) is 36.2 Å². The van der Waals surface area contributed by atoms with E-state index in [0.29, 0.717) is 17.9 Å². The zero-order valence-electron chi connectivity index (χ0n) is 10.9. The molecule has 0 atom stereocenters. The van der Waals surface area contributed by atoms with Crippen LogP contribution in [0.1, 0.15) is 11.1 Å². The Bertz CT molecular complexity index is 606. The van der Waals surface area contributed by atoms with Gasteiger partial charge >= 0.3 is 0 Å². The molecule has 0 bridgehead atoms. The van der Waals surface area contributed by atoms with Gasteiger partial charge < -0.3 is 9.64 Å². The fourth-order valence-corrected chi connectivity index (χ4v) is 1.86. The van der Waals surface area contributed by atoms with Crippen LogP contribution in [0.15, 0.2) is 36.5 Å². The van der Waals surface area contributed by atoms with Gasteiger partial charge in [0.2, 0.25) is 0 Å². The number of hydrogen-bond donors (Lipinski definition) is 0. The highest BCUT2D eigenvalue weighted by Crippen LogP contribution is 2.22. The van der Waals surface area contributed by atoms with Crippen molar-refractivity contribution in [2.45, 2.75) is 6.54 Å². The smallest absolute Gasteiger partial charge is 0.169 e. The largest absolute Gasteiger partial charge is 0.496 e. The summed E-state index contributed by atoms with van der Waals surface area (Å²) in [4.78, 5) is 1.88. The number of rotatable bonds is 4. The second kappa shape index (κ2) is 5.83. The average molecular weight is 254 g/mol. The van der Waals surface area contributed by atoms with Crippen LogP contribution in [0.3, 0.4) is 0 Å². The van der Waals surface area contributed by atoms with Gasteiger partial charge in [-0.3, -0.25) is 0 Å². The lowest BCUT2D eigenvalue weighted by molar-refractivity contribution is 0.409. The third-order valence-corrected chi connectivity index (χ3v) is 2.78. The topological polar surface area (TPSA) is 62.0 Å². The Hall–Kier alpha value is -2.61. The summed E-state index contributed by atoms with van der Waals surface area (Å²) in [6, 6.07) is 11.5. The normalized spacial score (nSPS) is 9.74. The molecule has 0 aliphatic heterocycles. The van der Waals surface area contributed by atoms with Crippen molar-refractivity contribution in [1.29, 1.82) is 5.26 Å². The van der Waals surface area contributed by atoms with Gasteiger partial charge in [-0.05, 0) is 12.1 Å². The minimum Gasteiger partial charge on any atom is -0.496 e. The van der Waals surface area contributed by atoms with Crippen LogP contribution in [-0.4, -0.2) is 24.4 Å². The third-order valence-electron chi connectivity index (χ3n) is 2.78. The number of methoxy groups -OCH3 is 1. The molecule has 1 aromatic carbocycles. The molecule has 0 amide bonds. The first-order valence-electron chi connectivity index (χ1n) is 5.81. The van der Waals surface area contributed by atoms with E-state index in [-0.39, 0.29) is 0 Å². The minimum absolute atomic E-state index is 0.507. The summed E-state index contributed by atoms with van der Waals surface area (Å²) in [5.74, 6) is 1.38. The average Bonchev–Trinajstić information content (AvgIpc) is 2.47. The van der Waals surface area contributed by atoms with E-state index < -0.39 is 0 Å². The molecule has 5 nitrogen and oxygen atoms in total. The molecule has 1 heterocycles. The minimum atomic E-state index is 0.507. The molecule has 96 valence electrons. The van der Waals surface area contributed by atoms with Gasteiger partial charge in [0, 0.05) is 19.2 Å². The van der Waals surface area contributed by atoms with Crippen molar-refractivity contribution >= 4 is 5.82 Å². The molecule has 0 aliphatic rings. The molecule has 2 aromatic rings. The van der Waals surface area contributed by atoms with Gasteiger partial charge in [-0.25, -0.2) is 0 Å². The summed E-state index contributed by atoms with van der Waals surface area (Å²) >= 11 is 0. The molecule has 2 rings (SSSR count). The zero-order valence-corrected chi connectivity index (χ0v) is 10.9. The predicted octanol–water partition coefficient (Wildman–Crippen LogP) is 1.99. The van der Waals surface area contributed by atoms with Crippen molar-refractivity contribution in [2.24, 2.45) is 0 Å². The van der Waals surface area contributed by atoms with Gasteiger partial charge in [-0.1, -0.05) is 18.2 Å². The number of anilines is 1.